The number of morpholine rings is 1. The van der Waals surface area contributed by atoms with Crippen molar-refractivity contribution in [3.63, 3.8) is 0 Å². The minimum Gasteiger partial charge on any atom is -0.387 e. The number of carbonyl (C=O) groups is 1. The number of rotatable bonds is 6. The normalized spacial score (nSPS) is 24.5. The van der Waals surface area contributed by atoms with Gasteiger partial charge in [-0.15, -0.1) is 0 Å². The van der Waals surface area contributed by atoms with Gasteiger partial charge in [0, 0.05) is 32.6 Å². The van der Waals surface area contributed by atoms with Crippen LogP contribution in [0.2, 0.25) is 0 Å². The Morgan fingerprint density at radius 3 is 2.65 bits per heavy atom. The number of nitrogens with zero attached hydrogens (tertiary/aromatic N) is 1. The molecule has 20 heavy (non-hydrogen) atoms. The average Bonchev–Trinajstić information content (AvgIpc) is 2.90. The van der Waals surface area contributed by atoms with Gasteiger partial charge in [0.15, 0.2) is 0 Å². The van der Waals surface area contributed by atoms with Crippen molar-refractivity contribution in [3.8, 4) is 0 Å². The number of hydrogen-bond donors (Lipinski definition) is 2. The molecule has 116 valence electrons. The molecule has 1 amide bonds. The van der Waals surface area contributed by atoms with Crippen molar-refractivity contribution >= 4 is 5.91 Å². The lowest BCUT2D eigenvalue weighted by atomic mass is 10.0. The number of ether oxygens (including phenoxy) is 1. The van der Waals surface area contributed by atoms with Gasteiger partial charge in [0.2, 0.25) is 5.91 Å². The molecular formula is C15H28N2O3. The predicted molar refractivity (Wildman–Crippen MR) is 77.5 cm³/mol. The van der Waals surface area contributed by atoms with E-state index in [-0.39, 0.29) is 5.91 Å². The highest BCUT2D eigenvalue weighted by Crippen LogP contribution is 2.27. The fraction of sp³-hybridized carbons (Fsp3) is 0.933. The molecule has 1 heterocycles. The molecule has 5 nitrogen and oxygen atoms in total. The van der Waals surface area contributed by atoms with Crippen molar-refractivity contribution in [2.24, 2.45) is 5.92 Å². The van der Waals surface area contributed by atoms with Gasteiger partial charge in [-0.25, -0.2) is 0 Å². The third-order valence-electron chi connectivity index (χ3n) is 4.28. The van der Waals surface area contributed by atoms with Gasteiger partial charge < -0.3 is 15.2 Å². The number of amides is 1. The molecular weight excluding hydrogens is 256 g/mol. The van der Waals surface area contributed by atoms with Crippen LogP contribution in [0, 0.1) is 5.92 Å². The molecule has 0 aromatic carbocycles. The minimum absolute atomic E-state index is 0.0825. The van der Waals surface area contributed by atoms with Gasteiger partial charge >= 0.3 is 0 Å². The SMILES string of the molecule is CC(O)(CNC(=O)CC1CCCC1)CN1CCOCC1. The molecule has 2 rings (SSSR count). The third-order valence-corrected chi connectivity index (χ3v) is 4.28. The molecule has 2 N–H and O–H groups in total. The summed E-state index contributed by atoms with van der Waals surface area (Å²) in [5.41, 5.74) is -0.872. The van der Waals surface area contributed by atoms with Gasteiger partial charge in [-0.3, -0.25) is 9.69 Å². The molecule has 1 aliphatic carbocycles. The van der Waals surface area contributed by atoms with Crippen LogP contribution in [0.25, 0.3) is 0 Å². The molecule has 0 aromatic heterocycles. The van der Waals surface area contributed by atoms with Crippen molar-refractivity contribution in [1.82, 2.24) is 10.2 Å². The summed E-state index contributed by atoms with van der Waals surface area (Å²) in [5.74, 6) is 0.637. The zero-order valence-electron chi connectivity index (χ0n) is 12.6. The lowest BCUT2D eigenvalue weighted by Crippen LogP contribution is -2.51. The summed E-state index contributed by atoms with van der Waals surface area (Å²) in [4.78, 5) is 14.1. The summed E-state index contributed by atoms with van der Waals surface area (Å²) in [5, 5.41) is 13.3. The van der Waals surface area contributed by atoms with E-state index in [0.717, 1.165) is 26.3 Å². The number of hydrogen-bond acceptors (Lipinski definition) is 4. The van der Waals surface area contributed by atoms with Gasteiger partial charge in [0.1, 0.15) is 0 Å². The zero-order chi connectivity index (χ0) is 14.4. The standard InChI is InChI=1S/C15H28N2O3/c1-15(19,12-17-6-8-20-9-7-17)11-16-14(18)10-13-4-2-3-5-13/h13,19H,2-12H2,1H3,(H,16,18). The molecule has 0 radical (unpaired) electrons. The minimum atomic E-state index is -0.872. The fourth-order valence-corrected chi connectivity index (χ4v) is 3.13. The summed E-state index contributed by atoms with van der Waals surface area (Å²) < 4.78 is 5.29. The van der Waals surface area contributed by atoms with Crippen LogP contribution >= 0.6 is 0 Å². The van der Waals surface area contributed by atoms with E-state index in [1.165, 1.54) is 25.7 Å². The lowest BCUT2D eigenvalue weighted by molar-refractivity contribution is -0.123. The number of carbonyl (C=O) groups excluding carboxylic acids is 1. The van der Waals surface area contributed by atoms with Gasteiger partial charge in [-0.05, 0) is 25.7 Å². The third kappa shape index (κ3) is 5.38. The fourth-order valence-electron chi connectivity index (χ4n) is 3.13. The second-order valence-corrected chi connectivity index (χ2v) is 6.52. The zero-order valence-corrected chi connectivity index (χ0v) is 12.6. The molecule has 1 aliphatic heterocycles. The maximum absolute atomic E-state index is 11.9. The Balaban J connectivity index is 1.66. The maximum atomic E-state index is 11.9. The van der Waals surface area contributed by atoms with E-state index in [0.29, 0.717) is 25.4 Å². The Labute approximate surface area is 121 Å². The van der Waals surface area contributed by atoms with Gasteiger partial charge in [0.25, 0.3) is 0 Å². The van der Waals surface area contributed by atoms with Crippen molar-refractivity contribution < 1.29 is 14.6 Å². The Bertz CT molecular complexity index is 308. The van der Waals surface area contributed by atoms with E-state index in [4.69, 9.17) is 4.74 Å². The largest absolute Gasteiger partial charge is 0.387 e. The van der Waals surface area contributed by atoms with Crippen LogP contribution in [0.3, 0.4) is 0 Å². The van der Waals surface area contributed by atoms with Gasteiger partial charge in [-0.2, -0.15) is 0 Å². The van der Waals surface area contributed by atoms with Crippen LogP contribution in [-0.4, -0.2) is 60.9 Å². The van der Waals surface area contributed by atoms with E-state index >= 15 is 0 Å². The molecule has 0 bridgehead atoms. The molecule has 1 atom stereocenters. The number of β-amino-alcohol motifs (C(OH)–C–C–N with tert-alkyl or cyclic N) is 1. The monoisotopic (exact) mass is 284 g/mol. The first kappa shape index (κ1) is 15.7. The summed E-state index contributed by atoms with van der Waals surface area (Å²) >= 11 is 0. The van der Waals surface area contributed by atoms with Crippen LogP contribution in [-0.2, 0) is 9.53 Å². The highest BCUT2D eigenvalue weighted by molar-refractivity contribution is 5.76. The first-order valence-corrected chi connectivity index (χ1v) is 7.84. The topological polar surface area (TPSA) is 61.8 Å². The highest BCUT2D eigenvalue weighted by Gasteiger charge is 2.26. The number of nitrogens with one attached hydrogen (secondary N) is 1. The molecule has 5 heteroatoms. The summed E-state index contributed by atoms with van der Waals surface area (Å²) in [6.07, 6.45) is 5.49. The Hall–Kier alpha value is -0.650. The number of aliphatic hydroxyl groups is 1. The van der Waals surface area contributed by atoms with Crippen molar-refractivity contribution in [2.75, 3.05) is 39.4 Å². The Morgan fingerprint density at radius 1 is 1.35 bits per heavy atom. The van der Waals surface area contributed by atoms with Crippen LogP contribution < -0.4 is 5.32 Å². The Kier molecular flexibility index (Phi) is 5.81. The van der Waals surface area contributed by atoms with E-state index < -0.39 is 5.60 Å². The molecule has 1 saturated heterocycles. The summed E-state index contributed by atoms with van der Waals surface area (Å²) in [6.45, 7) is 5.86. The molecule has 1 unspecified atom stereocenters. The quantitative estimate of drug-likeness (QED) is 0.756. The van der Waals surface area contributed by atoms with Crippen molar-refractivity contribution in [2.45, 2.75) is 44.6 Å². The molecule has 2 aliphatic rings. The predicted octanol–water partition coefficient (Wildman–Crippen LogP) is 0.766. The van der Waals surface area contributed by atoms with E-state index in [1.54, 1.807) is 6.92 Å². The molecule has 1 saturated carbocycles. The molecule has 2 fully saturated rings. The average molecular weight is 284 g/mol. The molecule has 0 spiro atoms. The first-order valence-electron chi connectivity index (χ1n) is 7.84. The van der Waals surface area contributed by atoms with Gasteiger partial charge in [-0.1, -0.05) is 12.8 Å². The van der Waals surface area contributed by atoms with Crippen LogP contribution in [0.1, 0.15) is 39.0 Å². The van der Waals surface area contributed by atoms with Crippen molar-refractivity contribution in [3.05, 3.63) is 0 Å². The van der Waals surface area contributed by atoms with E-state index in [9.17, 15) is 9.90 Å². The van der Waals surface area contributed by atoms with Crippen LogP contribution in [0.15, 0.2) is 0 Å². The molecule has 0 aromatic rings. The Morgan fingerprint density at radius 2 is 2.00 bits per heavy atom. The lowest BCUT2D eigenvalue weighted by Gasteiger charge is -2.33. The second-order valence-electron chi connectivity index (χ2n) is 6.52. The summed E-state index contributed by atoms with van der Waals surface area (Å²) in [7, 11) is 0. The van der Waals surface area contributed by atoms with E-state index in [1.807, 2.05) is 0 Å². The van der Waals surface area contributed by atoms with Crippen molar-refractivity contribution in [1.29, 1.82) is 0 Å². The maximum Gasteiger partial charge on any atom is 0.220 e. The smallest absolute Gasteiger partial charge is 0.220 e. The highest BCUT2D eigenvalue weighted by atomic mass is 16.5. The van der Waals surface area contributed by atoms with Crippen LogP contribution in [0.4, 0.5) is 0 Å². The first-order chi connectivity index (χ1) is 9.55. The summed E-state index contributed by atoms with van der Waals surface area (Å²) in [6, 6.07) is 0. The van der Waals surface area contributed by atoms with Gasteiger partial charge in [0.05, 0.1) is 18.8 Å². The second kappa shape index (κ2) is 7.38. The van der Waals surface area contributed by atoms with Crippen LogP contribution in [0.5, 0.6) is 0 Å². The van der Waals surface area contributed by atoms with E-state index in [2.05, 4.69) is 10.2 Å².